The summed E-state index contributed by atoms with van der Waals surface area (Å²) in [5, 5.41) is 10.5. The van der Waals surface area contributed by atoms with E-state index in [2.05, 4.69) is 0 Å². The molecule has 3 rings (SSSR count). The minimum Gasteiger partial charge on any atom is -0.451 e. The molecule has 20 heavy (non-hydrogen) atoms. The van der Waals surface area contributed by atoms with Gasteiger partial charge in [0.25, 0.3) is 0 Å². The van der Waals surface area contributed by atoms with Gasteiger partial charge in [0, 0.05) is 11.6 Å². The van der Waals surface area contributed by atoms with Gasteiger partial charge in [0.15, 0.2) is 6.10 Å². The lowest BCUT2D eigenvalue weighted by Crippen LogP contribution is -2.21. The maximum absolute atomic E-state index is 11.6. The highest BCUT2D eigenvalue weighted by Crippen LogP contribution is 2.34. The third kappa shape index (κ3) is 2.36. The van der Waals surface area contributed by atoms with E-state index in [0.717, 1.165) is 11.1 Å². The van der Waals surface area contributed by atoms with Gasteiger partial charge in [0.1, 0.15) is 6.10 Å². The molecule has 100 valence electrons. The Morgan fingerprint density at radius 1 is 0.950 bits per heavy atom. The van der Waals surface area contributed by atoms with Gasteiger partial charge in [0.2, 0.25) is 0 Å². The molecule has 0 saturated carbocycles. The lowest BCUT2D eigenvalue weighted by molar-refractivity contribution is -0.142. The summed E-state index contributed by atoms with van der Waals surface area (Å²) in [6.07, 6.45) is -0.0759. The van der Waals surface area contributed by atoms with Gasteiger partial charge in [-0.2, -0.15) is 0 Å². The number of carbonyl (C=O) groups is 1. The van der Waals surface area contributed by atoms with Gasteiger partial charge in [0.05, 0.1) is 0 Å². The zero-order chi connectivity index (χ0) is 13.9. The largest absolute Gasteiger partial charge is 0.451 e. The van der Waals surface area contributed by atoms with Gasteiger partial charge in [-0.25, -0.2) is 4.79 Å². The molecule has 1 N–H and O–H groups in total. The van der Waals surface area contributed by atoms with Gasteiger partial charge in [-0.05, 0) is 11.1 Å². The zero-order valence-electron chi connectivity index (χ0n) is 10.8. The van der Waals surface area contributed by atoms with Gasteiger partial charge in [-0.3, -0.25) is 0 Å². The fraction of sp³-hybridized carbons (Fsp3) is 0.118. The van der Waals surface area contributed by atoms with E-state index < -0.39 is 18.2 Å². The molecule has 0 unspecified atom stereocenters. The molecule has 0 saturated heterocycles. The lowest BCUT2D eigenvalue weighted by atomic mass is 9.94. The number of carbonyl (C=O) groups excluding carboxylic acids is 1. The number of ether oxygens (including phenoxy) is 1. The van der Waals surface area contributed by atoms with Crippen LogP contribution < -0.4 is 0 Å². The number of hydrogen-bond acceptors (Lipinski definition) is 3. The molecule has 0 radical (unpaired) electrons. The Labute approximate surface area is 117 Å². The van der Waals surface area contributed by atoms with Crippen molar-refractivity contribution >= 4 is 11.5 Å². The second-order valence-corrected chi connectivity index (χ2v) is 4.68. The van der Waals surface area contributed by atoms with Crippen molar-refractivity contribution in [2.24, 2.45) is 0 Å². The molecule has 1 heterocycles. The topological polar surface area (TPSA) is 46.5 Å². The maximum Gasteiger partial charge on any atom is 0.331 e. The van der Waals surface area contributed by atoms with Crippen molar-refractivity contribution in [1.29, 1.82) is 0 Å². The minimum atomic E-state index is -0.867. The Morgan fingerprint density at radius 3 is 2.20 bits per heavy atom. The molecule has 0 aliphatic carbocycles. The molecular formula is C17H14O3. The third-order valence-corrected chi connectivity index (χ3v) is 3.36. The summed E-state index contributed by atoms with van der Waals surface area (Å²) in [5.41, 5.74) is 2.33. The van der Waals surface area contributed by atoms with Gasteiger partial charge >= 0.3 is 5.97 Å². The van der Waals surface area contributed by atoms with Crippen molar-refractivity contribution in [2.75, 3.05) is 0 Å². The van der Waals surface area contributed by atoms with Crippen LogP contribution in [0.4, 0.5) is 0 Å². The normalized spacial score (nSPS) is 19.4. The average molecular weight is 266 g/mol. The predicted molar refractivity (Wildman–Crippen MR) is 75.7 cm³/mol. The molecule has 2 aromatic rings. The molecule has 0 spiro atoms. The van der Waals surface area contributed by atoms with E-state index in [1.54, 1.807) is 0 Å². The molecule has 0 aromatic heterocycles. The number of esters is 1. The Hall–Kier alpha value is -2.39. The Kier molecular flexibility index (Phi) is 3.35. The van der Waals surface area contributed by atoms with Crippen molar-refractivity contribution in [3.8, 4) is 0 Å². The SMILES string of the molecule is O=C1C=C(c2ccccc2)[C@@H]([C@H](O)c2ccccc2)O1. The first-order valence-corrected chi connectivity index (χ1v) is 6.46. The third-order valence-electron chi connectivity index (χ3n) is 3.36. The second kappa shape index (κ2) is 5.31. The van der Waals surface area contributed by atoms with Crippen molar-refractivity contribution < 1.29 is 14.6 Å². The smallest absolute Gasteiger partial charge is 0.331 e. The lowest BCUT2D eigenvalue weighted by Gasteiger charge is -2.21. The van der Waals surface area contributed by atoms with Crippen LogP contribution in [-0.2, 0) is 9.53 Å². The maximum atomic E-state index is 11.6. The molecule has 3 heteroatoms. The van der Waals surface area contributed by atoms with Gasteiger partial charge in [-0.1, -0.05) is 60.7 Å². The summed E-state index contributed by atoms with van der Waals surface area (Å²) in [7, 11) is 0. The Balaban J connectivity index is 1.94. The fourth-order valence-corrected chi connectivity index (χ4v) is 2.37. The first-order valence-electron chi connectivity index (χ1n) is 6.46. The molecule has 2 atom stereocenters. The van der Waals surface area contributed by atoms with E-state index in [1.807, 2.05) is 60.7 Å². The van der Waals surface area contributed by atoms with E-state index >= 15 is 0 Å². The summed E-state index contributed by atoms with van der Waals surface area (Å²) in [6, 6.07) is 18.7. The van der Waals surface area contributed by atoms with E-state index in [4.69, 9.17) is 4.74 Å². The highest BCUT2D eigenvalue weighted by molar-refractivity contribution is 5.97. The number of benzene rings is 2. The first-order chi connectivity index (χ1) is 9.75. The predicted octanol–water partition coefficient (Wildman–Crippen LogP) is 2.73. The average Bonchev–Trinajstić information content (AvgIpc) is 2.90. The number of cyclic esters (lactones) is 1. The van der Waals surface area contributed by atoms with Crippen molar-refractivity contribution in [3.63, 3.8) is 0 Å². The minimum absolute atomic E-state index is 0.413. The van der Waals surface area contributed by atoms with Crippen molar-refractivity contribution in [1.82, 2.24) is 0 Å². The van der Waals surface area contributed by atoms with Crippen molar-refractivity contribution in [2.45, 2.75) is 12.2 Å². The number of aliphatic hydroxyl groups is 1. The molecule has 1 aliphatic rings. The fourth-order valence-electron chi connectivity index (χ4n) is 2.37. The summed E-state index contributed by atoms with van der Waals surface area (Å²) in [5.74, 6) is -0.413. The molecular weight excluding hydrogens is 252 g/mol. The number of rotatable bonds is 3. The molecule has 2 aromatic carbocycles. The first kappa shape index (κ1) is 12.6. The molecule has 3 nitrogen and oxygen atoms in total. The summed E-state index contributed by atoms with van der Waals surface area (Å²) < 4.78 is 5.26. The van der Waals surface area contributed by atoms with Gasteiger partial charge < -0.3 is 9.84 Å². The van der Waals surface area contributed by atoms with E-state index in [-0.39, 0.29) is 0 Å². The Morgan fingerprint density at radius 2 is 1.55 bits per heavy atom. The van der Waals surface area contributed by atoms with E-state index in [9.17, 15) is 9.90 Å². The summed E-state index contributed by atoms with van der Waals surface area (Å²) in [6.45, 7) is 0. The van der Waals surface area contributed by atoms with Crippen LogP contribution in [0.2, 0.25) is 0 Å². The quantitative estimate of drug-likeness (QED) is 0.869. The summed E-state index contributed by atoms with van der Waals surface area (Å²) >= 11 is 0. The molecule has 0 fully saturated rings. The number of hydrogen-bond donors (Lipinski definition) is 1. The standard InChI is InChI=1S/C17H14O3/c18-15-11-14(12-7-3-1-4-8-12)17(20-15)16(19)13-9-5-2-6-10-13/h1-11,16-17,19H/t16-,17+/m1/s1. The highest BCUT2D eigenvalue weighted by Gasteiger charge is 2.34. The van der Waals surface area contributed by atoms with Crippen molar-refractivity contribution in [3.05, 3.63) is 77.9 Å². The van der Waals surface area contributed by atoms with Crippen LogP contribution in [0.1, 0.15) is 17.2 Å². The Bertz CT molecular complexity index is 632. The highest BCUT2D eigenvalue weighted by atomic mass is 16.6. The molecule has 0 bridgehead atoms. The number of aliphatic hydroxyl groups excluding tert-OH is 1. The van der Waals surface area contributed by atoms with Crippen LogP contribution in [-0.4, -0.2) is 17.2 Å². The van der Waals surface area contributed by atoms with E-state index in [1.165, 1.54) is 6.08 Å². The zero-order valence-corrected chi connectivity index (χ0v) is 10.8. The van der Waals surface area contributed by atoms with Crippen LogP contribution in [0, 0.1) is 0 Å². The monoisotopic (exact) mass is 266 g/mol. The van der Waals surface area contributed by atoms with Crippen LogP contribution in [0.25, 0.3) is 5.57 Å². The van der Waals surface area contributed by atoms with Crippen LogP contribution >= 0.6 is 0 Å². The summed E-state index contributed by atoms with van der Waals surface area (Å²) in [4.78, 5) is 11.6. The molecule has 1 aliphatic heterocycles. The molecule has 0 amide bonds. The van der Waals surface area contributed by atoms with Crippen LogP contribution in [0.5, 0.6) is 0 Å². The van der Waals surface area contributed by atoms with Crippen LogP contribution in [0.15, 0.2) is 66.7 Å². The van der Waals surface area contributed by atoms with Crippen LogP contribution in [0.3, 0.4) is 0 Å². The second-order valence-electron chi connectivity index (χ2n) is 4.68. The van der Waals surface area contributed by atoms with Gasteiger partial charge in [-0.15, -0.1) is 0 Å². The van der Waals surface area contributed by atoms with E-state index in [0.29, 0.717) is 5.57 Å².